The van der Waals surface area contributed by atoms with Gasteiger partial charge in [-0.25, -0.2) is 9.59 Å². The number of esters is 1. The van der Waals surface area contributed by atoms with Gasteiger partial charge in [-0.3, -0.25) is 9.69 Å². The number of fused-ring (bicyclic) bond motifs is 1. The molecule has 0 aromatic heterocycles. The van der Waals surface area contributed by atoms with Crippen molar-refractivity contribution in [2.75, 3.05) is 32.0 Å². The minimum Gasteiger partial charge on any atom is -0.448 e. The second kappa shape index (κ2) is 14.9. The third-order valence-corrected chi connectivity index (χ3v) is 10.2. The van der Waals surface area contributed by atoms with E-state index >= 15 is 0 Å². The van der Waals surface area contributed by atoms with Crippen LogP contribution in [0.1, 0.15) is 50.8 Å². The van der Waals surface area contributed by atoms with Crippen LogP contribution in [0.4, 0.5) is 4.79 Å². The van der Waals surface area contributed by atoms with Crippen LogP contribution in [0.3, 0.4) is 0 Å². The summed E-state index contributed by atoms with van der Waals surface area (Å²) in [5, 5.41) is 13.9. The van der Waals surface area contributed by atoms with Crippen LogP contribution in [0.2, 0.25) is 0 Å². The van der Waals surface area contributed by atoms with Crippen LogP contribution in [0.15, 0.2) is 83.4 Å². The lowest BCUT2D eigenvalue weighted by Gasteiger charge is -2.49. The third kappa shape index (κ3) is 8.32. The molecule has 3 aliphatic heterocycles. The molecule has 2 atom stereocenters. The van der Waals surface area contributed by atoms with Gasteiger partial charge in [0, 0.05) is 17.5 Å². The number of thioether (sulfide) groups is 2. The van der Waals surface area contributed by atoms with E-state index in [4.69, 9.17) is 9.47 Å². The number of rotatable bonds is 10. The first-order valence-corrected chi connectivity index (χ1v) is 17.3. The Hall–Kier alpha value is -3.25. The highest BCUT2D eigenvalue weighted by molar-refractivity contribution is 8.02. The number of hydrogen-bond acceptors (Lipinski definition) is 9. The van der Waals surface area contributed by atoms with Crippen molar-refractivity contribution in [3.05, 3.63) is 94.5 Å². The second-order valence-electron chi connectivity index (χ2n) is 12.2. The minimum absolute atomic E-state index is 0.169. The summed E-state index contributed by atoms with van der Waals surface area (Å²) in [5.41, 5.74) is 1.84. The number of carbonyl (C=O) groups excluding carboxylic acids is 3. The van der Waals surface area contributed by atoms with Gasteiger partial charge in [0.05, 0.1) is 6.61 Å². The Labute approximate surface area is 273 Å². The van der Waals surface area contributed by atoms with Crippen molar-refractivity contribution in [1.82, 2.24) is 15.1 Å². The van der Waals surface area contributed by atoms with Crippen molar-refractivity contribution in [2.24, 2.45) is 0 Å². The fourth-order valence-corrected chi connectivity index (χ4v) is 7.85. The summed E-state index contributed by atoms with van der Waals surface area (Å²) in [6.07, 6.45) is 2.61. The first-order valence-electron chi connectivity index (χ1n) is 15.3. The normalized spacial score (nSPS) is 21.1. The van der Waals surface area contributed by atoms with Gasteiger partial charge in [-0.15, -0.1) is 23.5 Å². The topological polar surface area (TPSA) is 108 Å². The van der Waals surface area contributed by atoms with Crippen molar-refractivity contribution >= 4 is 41.5 Å². The summed E-state index contributed by atoms with van der Waals surface area (Å²) < 4.78 is 11.6. The lowest BCUT2D eigenvalue weighted by Crippen LogP contribution is -2.70. The van der Waals surface area contributed by atoms with Crippen molar-refractivity contribution < 1.29 is 29.0 Å². The van der Waals surface area contributed by atoms with Crippen LogP contribution in [-0.4, -0.2) is 87.1 Å². The molecule has 0 radical (unpaired) electrons. The molecule has 11 heteroatoms. The fraction of sp³-hybridized carbons (Fsp3) is 0.441. The van der Waals surface area contributed by atoms with Gasteiger partial charge < -0.3 is 24.8 Å². The van der Waals surface area contributed by atoms with Crippen LogP contribution < -0.4 is 5.32 Å². The number of amides is 2. The summed E-state index contributed by atoms with van der Waals surface area (Å²) in [6, 6.07) is 18.3. The molecule has 2 saturated heterocycles. The van der Waals surface area contributed by atoms with Gasteiger partial charge in [-0.1, -0.05) is 60.7 Å². The molecule has 2 fully saturated rings. The maximum Gasteiger partial charge on any atom is 0.408 e. The fourth-order valence-electron chi connectivity index (χ4n) is 5.58. The van der Waals surface area contributed by atoms with E-state index in [1.165, 1.54) is 16.7 Å². The monoisotopic (exact) mass is 651 g/mol. The number of β-amino-alcohol motifs (C(OH)–C–C–N with tert-alkyl or cyclic N) is 1. The predicted octanol–water partition coefficient (Wildman–Crippen LogP) is 5.09. The van der Waals surface area contributed by atoms with E-state index in [2.05, 4.69) is 10.2 Å². The number of nitrogens with one attached hydrogen (secondary N) is 1. The van der Waals surface area contributed by atoms with Crippen LogP contribution in [0.25, 0.3) is 0 Å². The lowest BCUT2D eigenvalue weighted by molar-refractivity contribution is -0.153. The van der Waals surface area contributed by atoms with Crippen molar-refractivity contribution in [1.29, 1.82) is 0 Å². The molecule has 2 aromatic rings. The average molecular weight is 652 g/mol. The van der Waals surface area contributed by atoms with Crippen molar-refractivity contribution in [3.63, 3.8) is 0 Å². The maximum atomic E-state index is 14.1. The second-order valence-corrected chi connectivity index (χ2v) is 14.5. The van der Waals surface area contributed by atoms with Crippen LogP contribution in [-0.2, 0) is 19.1 Å². The molecule has 0 saturated carbocycles. The Balaban J connectivity index is 1.38. The van der Waals surface area contributed by atoms with Crippen molar-refractivity contribution in [2.45, 2.75) is 62.0 Å². The smallest absolute Gasteiger partial charge is 0.408 e. The van der Waals surface area contributed by atoms with E-state index in [1.807, 2.05) is 72.1 Å². The first kappa shape index (κ1) is 33.1. The van der Waals surface area contributed by atoms with Crippen LogP contribution in [0.5, 0.6) is 0 Å². The van der Waals surface area contributed by atoms with Gasteiger partial charge in [0.1, 0.15) is 22.7 Å². The number of carbonyl (C=O) groups is 3. The molecule has 0 unspecified atom stereocenters. The van der Waals surface area contributed by atoms with E-state index < -0.39 is 35.2 Å². The zero-order valence-electron chi connectivity index (χ0n) is 25.9. The number of allylic oxidation sites excluding steroid dienone is 1. The van der Waals surface area contributed by atoms with Crippen molar-refractivity contribution in [3.8, 4) is 0 Å². The van der Waals surface area contributed by atoms with Gasteiger partial charge in [0.25, 0.3) is 5.91 Å². The molecule has 3 aliphatic rings. The highest BCUT2D eigenvalue weighted by Gasteiger charge is 2.54. The summed E-state index contributed by atoms with van der Waals surface area (Å²) in [4.78, 5) is 43.9. The average Bonchev–Trinajstić information content (AvgIpc) is 3.03. The zero-order chi connectivity index (χ0) is 32.0. The number of likely N-dealkylation sites (tertiary alicyclic amines) is 1. The SMILES string of the molecule is CC(C)(C)OC(=O)N[C@@H]1C(=O)N2C(C(=O)OC(c3ccccc3)c3ccccc3)=C(/C=C/SC3CCN(CCO)CC3)CS[C@H]12. The zero-order valence-corrected chi connectivity index (χ0v) is 27.5. The Morgan fingerprint density at radius 2 is 1.69 bits per heavy atom. The van der Waals surface area contributed by atoms with E-state index in [-0.39, 0.29) is 18.2 Å². The summed E-state index contributed by atoms with van der Waals surface area (Å²) in [7, 11) is 0. The summed E-state index contributed by atoms with van der Waals surface area (Å²) in [6.45, 7) is 8.04. The van der Waals surface area contributed by atoms with E-state index in [1.54, 1.807) is 32.5 Å². The molecular formula is C34H41N3O6S2. The molecule has 45 heavy (non-hydrogen) atoms. The molecule has 5 rings (SSSR count). The highest BCUT2D eigenvalue weighted by atomic mass is 32.2. The van der Waals surface area contributed by atoms with Gasteiger partial charge in [-0.2, -0.15) is 0 Å². The Kier molecular flexibility index (Phi) is 11.0. The largest absolute Gasteiger partial charge is 0.448 e. The Bertz CT molecular complexity index is 1360. The quantitative estimate of drug-likeness (QED) is 0.269. The molecule has 9 nitrogen and oxygen atoms in total. The van der Waals surface area contributed by atoms with Gasteiger partial charge >= 0.3 is 12.1 Å². The molecule has 0 bridgehead atoms. The number of ether oxygens (including phenoxy) is 2. The first-order chi connectivity index (χ1) is 21.6. The molecule has 0 aliphatic carbocycles. The van der Waals surface area contributed by atoms with Gasteiger partial charge in [-0.05, 0) is 74.9 Å². The molecule has 240 valence electrons. The van der Waals surface area contributed by atoms with Crippen LogP contribution >= 0.6 is 23.5 Å². The van der Waals surface area contributed by atoms with Gasteiger partial charge in [0.2, 0.25) is 0 Å². The number of β-lactam (4-membered cyclic amide) rings is 1. The number of aliphatic hydroxyl groups excluding tert-OH is 1. The standard InChI is InChI=1S/C34H41N3O6S2/c1-34(2,3)43-33(41)35-27-30(39)37-28(32(40)42-29(23-10-6-4-7-11-23)24-12-8-5-9-13-24)25(22-45-31(27)37)16-21-44-26-14-17-36(18-15-26)19-20-38/h4-13,16,21,26-27,29,31,38H,14-15,17-20,22H2,1-3H3,(H,35,41)/b21-16+/t27-,31-/m1/s1. The number of hydrogen-bond donors (Lipinski definition) is 2. The number of benzene rings is 2. The highest BCUT2D eigenvalue weighted by Crippen LogP contribution is 2.42. The molecule has 2 aromatic carbocycles. The Morgan fingerprint density at radius 1 is 1.07 bits per heavy atom. The maximum absolute atomic E-state index is 14.1. The number of nitrogens with zero attached hydrogens (tertiary/aromatic N) is 2. The predicted molar refractivity (Wildman–Crippen MR) is 177 cm³/mol. The molecular weight excluding hydrogens is 611 g/mol. The molecule has 0 spiro atoms. The number of piperidine rings is 1. The Morgan fingerprint density at radius 3 is 2.27 bits per heavy atom. The molecule has 3 heterocycles. The number of aliphatic hydroxyl groups is 1. The molecule has 2 amide bonds. The molecule has 2 N–H and O–H groups in total. The third-order valence-electron chi connectivity index (χ3n) is 7.78. The minimum atomic E-state index is -0.810. The van der Waals surface area contributed by atoms with E-state index in [0.717, 1.165) is 37.1 Å². The summed E-state index contributed by atoms with van der Waals surface area (Å²) >= 11 is 3.22. The number of alkyl carbamates (subject to hydrolysis) is 1. The van der Waals surface area contributed by atoms with Gasteiger partial charge in [0.15, 0.2) is 6.10 Å². The van der Waals surface area contributed by atoms with Crippen LogP contribution in [0, 0.1) is 0 Å². The van der Waals surface area contributed by atoms with E-state index in [9.17, 15) is 19.5 Å². The lowest BCUT2D eigenvalue weighted by atomic mass is 10.0. The van der Waals surface area contributed by atoms with E-state index in [0.29, 0.717) is 23.1 Å². The summed E-state index contributed by atoms with van der Waals surface area (Å²) in [5.74, 6) is -0.501.